The lowest BCUT2D eigenvalue weighted by Gasteiger charge is -2.35. The number of anilines is 1. The van der Waals surface area contributed by atoms with E-state index in [9.17, 15) is 23.7 Å². The highest BCUT2D eigenvalue weighted by molar-refractivity contribution is 7.52. The van der Waals surface area contributed by atoms with Crippen LogP contribution in [0.1, 0.15) is 64.2 Å². The number of hydrogen-bond acceptors (Lipinski definition) is 16. The molecular formula is C43H61N8O11P. The van der Waals surface area contributed by atoms with Crippen LogP contribution >= 0.6 is 7.75 Å². The summed E-state index contributed by atoms with van der Waals surface area (Å²) >= 11 is 0. The van der Waals surface area contributed by atoms with Crippen LogP contribution in [0.3, 0.4) is 0 Å². The first kappa shape index (κ1) is 46.5. The van der Waals surface area contributed by atoms with Crippen molar-refractivity contribution >= 4 is 42.9 Å². The second kappa shape index (κ2) is 20.1. The number of benzene rings is 1. The number of methoxy groups -OCH3 is 1. The summed E-state index contributed by atoms with van der Waals surface area (Å²) in [4.78, 5) is 65.4. The van der Waals surface area contributed by atoms with Crippen LogP contribution in [-0.4, -0.2) is 151 Å². The maximum atomic E-state index is 14.7. The Morgan fingerprint density at radius 3 is 2.00 bits per heavy atom. The number of para-hydroxylation sites is 1. The summed E-state index contributed by atoms with van der Waals surface area (Å²) in [5.74, 6) is -2.39. The normalized spacial score (nSPS) is 26.2. The monoisotopic (exact) mass is 896 g/mol. The summed E-state index contributed by atoms with van der Waals surface area (Å²) in [6, 6.07) is 10.7. The van der Waals surface area contributed by atoms with Crippen molar-refractivity contribution in [3.05, 3.63) is 54.5 Å². The van der Waals surface area contributed by atoms with Gasteiger partial charge in [-0.05, 0) is 137 Å². The van der Waals surface area contributed by atoms with Crippen molar-refractivity contribution in [2.24, 2.45) is 17.8 Å². The number of ether oxygens (including phenoxy) is 4. The van der Waals surface area contributed by atoms with Crippen LogP contribution in [0.2, 0.25) is 0 Å². The molecule has 63 heavy (non-hydrogen) atoms. The molecule has 2 N–H and O–H groups in total. The van der Waals surface area contributed by atoms with E-state index in [1.54, 1.807) is 53.9 Å². The average Bonchev–Trinajstić information content (AvgIpc) is 3.82. The average molecular weight is 897 g/mol. The van der Waals surface area contributed by atoms with Crippen molar-refractivity contribution in [1.82, 2.24) is 34.4 Å². The number of hydrogen-bond donors (Lipinski definition) is 2. The van der Waals surface area contributed by atoms with E-state index in [1.165, 1.54) is 20.4 Å². The molecule has 20 heteroatoms. The molecule has 4 aliphatic heterocycles. The summed E-state index contributed by atoms with van der Waals surface area (Å²) in [6.45, 7) is 6.95. The van der Waals surface area contributed by atoms with Crippen molar-refractivity contribution in [2.75, 3.05) is 79.4 Å². The lowest BCUT2D eigenvalue weighted by molar-refractivity contribution is -0.178. The van der Waals surface area contributed by atoms with Crippen LogP contribution in [-0.2, 0) is 47.2 Å². The van der Waals surface area contributed by atoms with Crippen LogP contribution in [0, 0.1) is 17.8 Å². The van der Waals surface area contributed by atoms with Crippen molar-refractivity contribution in [2.45, 2.75) is 82.3 Å². The predicted molar refractivity (Wildman–Crippen MR) is 230 cm³/mol. The number of nitrogens with one attached hydrogen (secondary N) is 2. The molecule has 1 unspecified atom stereocenters. The third kappa shape index (κ3) is 11.1. The molecule has 0 saturated carbocycles. The minimum Gasteiger partial charge on any atom is -0.468 e. The fourth-order valence-corrected chi connectivity index (χ4v) is 10.3. The van der Waals surface area contributed by atoms with E-state index in [2.05, 4.69) is 35.2 Å². The number of carbonyl (C=O) groups is 4. The van der Waals surface area contributed by atoms with E-state index in [-0.39, 0.29) is 17.6 Å². The number of piperidine rings is 3. The van der Waals surface area contributed by atoms with Crippen molar-refractivity contribution in [3.63, 3.8) is 0 Å². The van der Waals surface area contributed by atoms with Crippen LogP contribution in [0.25, 0.3) is 5.52 Å². The number of rotatable bonds is 15. The summed E-state index contributed by atoms with van der Waals surface area (Å²) in [5, 5.41) is 10.2. The fraction of sp³-hybridized carbons (Fsp3) is 0.628. The van der Waals surface area contributed by atoms with E-state index < -0.39 is 74.1 Å². The van der Waals surface area contributed by atoms with Gasteiger partial charge in [-0.25, -0.2) is 14.1 Å². The van der Waals surface area contributed by atoms with Gasteiger partial charge in [0.25, 0.3) is 0 Å². The van der Waals surface area contributed by atoms with E-state index in [4.69, 9.17) is 28.0 Å². The molecule has 7 rings (SSSR count). The van der Waals surface area contributed by atoms with Gasteiger partial charge in [0.05, 0.1) is 31.2 Å². The summed E-state index contributed by atoms with van der Waals surface area (Å²) < 4.78 is 53.1. The molecule has 0 radical (unpaired) electrons. The third-order valence-corrected chi connectivity index (χ3v) is 14.3. The van der Waals surface area contributed by atoms with E-state index >= 15 is 0 Å². The zero-order valence-electron chi connectivity index (χ0n) is 37.0. The molecule has 19 nitrogen and oxygen atoms in total. The number of carbonyl (C=O) groups excluding carboxylic acids is 4. The maximum absolute atomic E-state index is 14.7. The molecule has 344 valence electrons. The molecule has 0 spiro atoms. The van der Waals surface area contributed by atoms with Crippen molar-refractivity contribution in [3.8, 4) is 5.75 Å². The van der Waals surface area contributed by atoms with Gasteiger partial charge < -0.3 is 43.5 Å². The van der Waals surface area contributed by atoms with E-state index in [1.807, 2.05) is 21.1 Å². The number of likely N-dealkylation sites (tertiary alicyclic amines) is 3. The highest BCUT2D eigenvalue weighted by Gasteiger charge is 2.59. The number of aromatic nitrogens is 3. The second-order valence-corrected chi connectivity index (χ2v) is 19.2. The van der Waals surface area contributed by atoms with Gasteiger partial charge in [-0.3, -0.25) is 23.7 Å². The largest absolute Gasteiger partial charge is 0.468 e. The Morgan fingerprint density at radius 2 is 1.41 bits per heavy atom. The lowest BCUT2D eigenvalue weighted by atomic mass is 9.93. The van der Waals surface area contributed by atoms with Crippen LogP contribution in [0.4, 0.5) is 5.82 Å². The minimum absolute atomic E-state index is 0.142. The first-order valence-electron chi connectivity index (χ1n) is 21.8. The molecule has 4 saturated heterocycles. The Hall–Kier alpha value is -4.49. The van der Waals surface area contributed by atoms with Crippen LogP contribution < -0.4 is 14.9 Å². The lowest BCUT2D eigenvalue weighted by Crippen LogP contribution is -2.50. The van der Waals surface area contributed by atoms with Gasteiger partial charge in [0, 0.05) is 5.92 Å². The SMILES string of the molecule is COC(=O)[C@H](C)NP(=O)(OC[C@@]1(C)O[C@@H](c2ccc3c(NC(=O)C4CCN(C)CC4)ncnn23)[C@H](OC(=O)C2CCN(C)CC2)[C@@H]1OC(=O)C1CCN(C)CC1)Oc1ccccc1. The summed E-state index contributed by atoms with van der Waals surface area (Å²) in [5.41, 5.74) is -0.782. The molecule has 0 bridgehead atoms. The molecule has 2 aromatic heterocycles. The molecule has 1 aromatic carbocycles. The molecule has 0 aliphatic carbocycles. The van der Waals surface area contributed by atoms with Gasteiger partial charge in [-0.1, -0.05) is 18.2 Å². The first-order valence-corrected chi connectivity index (χ1v) is 23.3. The topological polar surface area (TPSA) is 205 Å². The Morgan fingerprint density at radius 1 is 0.841 bits per heavy atom. The Bertz CT molecular complexity index is 2120. The first-order chi connectivity index (χ1) is 30.1. The molecule has 3 aromatic rings. The van der Waals surface area contributed by atoms with Crippen molar-refractivity contribution in [1.29, 1.82) is 0 Å². The number of esters is 3. The van der Waals surface area contributed by atoms with Gasteiger partial charge in [0.2, 0.25) is 5.91 Å². The Labute approximate surface area is 368 Å². The highest BCUT2D eigenvalue weighted by Crippen LogP contribution is 2.50. The van der Waals surface area contributed by atoms with Crippen LogP contribution in [0.15, 0.2) is 48.8 Å². The minimum atomic E-state index is -4.44. The van der Waals surface area contributed by atoms with Gasteiger partial charge in [-0.15, -0.1) is 0 Å². The molecule has 4 fully saturated rings. The molecule has 1 amide bonds. The third-order valence-electron chi connectivity index (χ3n) is 12.7. The van der Waals surface area contributed by atoms with Gasteiger partial charge in [0.15, 0.2) is 18.0 Å². The molecule has 4 aliphatic rings. The van der Waals surface area contributed by atoms with Crippen LogP contribution in [0.5, 0.6) is 5.75 Å². The summed E-state index contributed by atoms with van der Waals surface area (Å²) in [7, 11) is 2.79. The highest BCUT2D eigenvalue weighted by atomic mass is 31.2. The Kier molecular flexibility index (Phi) is 14.9. The maximum Gasteiger partial charge on any atom is 0.459 e. The number of nitrogens with zero attached hydrogens (tertiary/aromatic N) is 6. The zero-order valence-corrected chi connectivity index (χ0v) is 37.9. The Balaban J connectivity index is 1.25. The molecule has 6 heterocycles. The smallest absolute Gasteiger partial charge is 0.459 e. The predicted octanol–water partition coefficient (Wildman–Crippen LogP) is 3.70. The van der Waals surface area contributed by atoms with Gasteiger partial charge in [0.1, 0.15) is 35.3 Å². The van der Waals surface area contributed by atoms with Gasteiger partial charge >= 0.3 is 25.7 Å². The summed E-state index contributed by atoms with van der Waals surface area (Å²) in [6.07, 6.45) is 1.33. The van der Waals surface area contributed by atoms with E-state index in [0.29, 0.717) is 68.9 Å². The fourth-order valence-electron chi connectivity index (χ4n) is 8.68. The zero-order chi connectivity index (χ0) is 44.9. The van der Waals surface area contributed by atoms with Gasteiger partial charge in [-0.2, -0.15) is 10.2 Å². The molecular weight excluding hydrogens is 835 g/mol. The standard InChI is InChI=1S/C43H61N8O11P/c1-28(40(53)57-6)47-63(56,62-32-10-8-7-9-11-32)58-26-43(2)37(60-42(55)31-18-24-50(5)25-19-31)36(59-41(54)30-16-22-49(4)23-17-30)35(61-43)33-12-13-34-38(44-27-45-51(33)34)46-39(52)29-14-20-48(3)21-15-29/h7-13,27-31,35-37H,14-26H2,1-6H3,(H,47,56)(H,44,45,46,52)/t28-,35-,36-,37-,43+,63?/m0/s1. The molecule has 6 atom stereocenters. The quantitative estimate of drug-likeness (QED) is 0.127. The van der Waals surface area contributed by atoms with Crippen molar-refractivity contribution < 1.29 is 51.7 Å². The second-order valence-electron chi connectivity index (χ2n) is 17.5. The number of fused-ring (bicyclic) bond motifs is 1. The number of amides is 1. The van der Waals surface area contributed by atoms with E-state index in [0.717, 1.165) is 25.9 Å².